The van der Waals surface area contributed by atoms with Gasteiger partial charge in [0.15, 0.2) is 6.29 Å². The zero-order valence-corrected chi connectivity index (χ0v) is 17.7. The van der Waals surface area contributed by atoms with E-state index in [0.717, 1.165) is 17.0 Å². The second-order valence-electron chi connectivity index (χ2n) is 7.91. The molecule has 1 aliphatic heterocycles. The highest BCUT2D eigenvalue weighted by Gasteiger charge is 2.20. The van der Waals surface area contributed by atoms with Crippen LogP contribution in [0.1, 0.15) is 58.4 Å². The third-order valence-corrected chi connectivity index (χ3v) is 5.72. The van der Waals surface area contributed by atoms with Gasteiger partial charge in [0, 0.05) is 35.4 Å². The van der Waals surface area contributed by atoms with E-state index in [4.69, 9.17) is 4.74 Å². The van der Waals surface area contributed by atoms with Crippen LogP contribution in [0.15, 0.2) is 24.3 Å². The number of nitrogens with zero attached hydrogens (tertiary/aromatic N) is 1. The molecule has 0 spiro atoms. The van der Waals surface area contributed by atoms with Crippen LogP contribution < -0.4 is 10.1 Å². The van der Waals surface area contributed by atoms with Crippen molar-refractivity contribution in [3.8, 4) is 5.75 Å². The molecule has 3 rings (SSSR count). The van der Waals surface area contributed by atoms with Gasteiger partial charge in [-0.15, -0.1) is 0 Å². The first kappa shape index (κ1) is 21.3. The maximum atomic E-state index is 14.6. The first-order valence-electron chi connectivity index (χ1n) is 9.58. The number of ether oxygens (including phenoxy) is 1. The number of pyridine rings is 1. The molecule has 0 radical (unpaired) electrons. The molecule has 0 bridgehead atoms. The number of thioether (sulfide) groups is 1. The van der Waals surface area contributed by atoms with Crippen molar-refractivity contribution in [1.82, 2.24) is 10.3 Å². The lowest BCUT2D eigenvalue weighted by molar-refractivity contribution is 0.0951. The molecular formula is C22H25FN2O3S. The van der Waals surface area contributed by atoms with Gasteiger partial charge in [-0.05, 0) is 23.8 Å². The lowest BCUT2D eigenvalue weighted by Crippen LogP contribution is -2.27. The molecule has 0 saturated heterocycles. The molecule has 1 aromatic heterocycles. The Morgan fingerprint density at radius 1 is 1.34 bits per heavy atom. The molecule has 1 aliphatic rings. The van der Waals surface area contributed by atoms with Crippen molar-refractivity contribution < 1.29 is 18.7 Å². The van der Waals surface area contributed by atoms with E-state index in [1.54, 1.807) is 23.9 Å². The quantitative estimate of drug-likeness (QED) is 0.549. The van der Waals surface area contributed by atoms with Crippen molar-refractivity contribution in [3.63, 3.8) is 0 Å². The van der Waals surface area contributed by atoms with Gasteiger partial charge in [-0.3, -0.25) is 9.59 Å². The fourth-order valence-electron chi connectivity index (χ4n) is 3.14. The van der Waals surface area contributed by atoms with Crippen molar-refractivity contribution in [1.29, 1.82) is 0 Å². The van der Waals surface area contributed by atoms with Gasteiger partial charge in [-0.2, -0.15) is 11.8 Å². The Hall–Kier alpha value is -2.41. The number of benzene rings is 1. The molecule has 1 amide bonds. The van der Waals surface area contributed by atoms with Crippen LogP contribution in [0.3, 0.4) is 0 Å². The van der Waals surface area contributed by atoms with Gasteiger partial charge in [0.1, 0.15) is 17.3 Å². The molecule has 0 aliphatic carbocycles. The van der Waals surface area contributed by atoms with Gasteiger partial charge < -0.3 is 10.1 Å². The topological polar surface area (TPSA) is 68.3 Å². The fourth-order valence-corrected chi connectivity index (χ4v) is 3.96. The minimum Gasteiger partial charge on any atom is -0.491 e. The average Bonchev–Trinajstić information content (AvgIpc) is 3.13. The maximum Gasteiger partial charge on any atom is 0.254 e. The van der Waals surface area contributed by atoms with Crippen LogP contribution in [0, 0.1) is 5.82 Å². The second-order valence-corrected chi connectivity index (χ2v) is 9.83. The minimum atomic E-state index is -0.564. The standard InChI is InChI=1S/C22H25FN2O3S/c1-22(2,3)29-9-7-24-21(27)17-5-4-14(11-18(17)23)10-15-12-16(13-26)25-19-6-8-28-20(15)19/h4-5,11-13H,6-10H2,1-3H3,(H,24,27). The van der Waals surface area contributed by atoms with Crippen molar-refractivity contribution in [3.05, 3.63) is 58.2 Å². The van der Waals surface area contributed by atoms with E-state index in [2.05, 4.69) is 31.1 Å². The Labute approximate surface area is 174 Å². The molecule has 0 saturated carbocycles. The normalized spacial score (nSPS) is 13.0. The van der Waals surface area contributed by atoms with E-state index in [0.29, 0.717) is 49.3 Å². The summed E-state index contributed by atoms with van der Waals surface area (Å²) in [6, 6.07) is 6.26. The van der Waals surface area contributed by atoms with Crippen LogP contribution in [0.2, 0.25) is 0 Å². The molecule has 2 aromatic rings. The van der Waals surface area contributed by atoms with Gasteiger partial charge in [0.2, 0.25) is 0 Å². The van der Waals surface area contributed by atoms with E-state index in [9.17, 15) is 14.0 Å². The van der Waals surface area contributed by atoms with Crippen LogP contribution in [0.5, 0.6) is 5.75 Å². The van der Waals surface area contributed by atoms with Gasteiger partial charge >= 0.3 is 0 Å². The van der Waals surface area contributed by atoms with Crippen molar-refractivity contribution >= 4 is 24.0 Å². The maximum absolute atomic E-state index is 14.6. The van der Waals surface area contributed by atoms with E-state index < -0.39 is 11.7 Å². The van der Waals surface area contributed by atoms with Crippen LogP contribution in [0.25, 0.3) is 0 Å². The molecule has 2 heterocycles. The number of nitrogens with one attached hydrogen (secondary N) is 1. The molecule has 0 atom stereocenters. The summed E-state index contributed by atoms with van der Waals surface area (Å²) in [7, 11) is 0. The number of hydrogen-bond acceptors (Lipinski definition) is 5. The van der Waals surface area contributed by atoms with Crippen molar-refractivity contribution in [2.24, 2.45) is 0 Å². The lowest BCUT2D eigenvalue weighted by Gasteiger charge is -2.17. The largest absolute Gasteiger partial charge is 0.491 e. The monoisotopic (exact) mass is 416 g/mol. The van der Waals surface area contributed by atoms with Gasteiger partial charge in [-0.1, -0.05) is 26.8 Å². The summed E-state index contributed by atoms with van der Waals surface area (Å²) in [4.78, 5) is 27.7. The van der Waals surface area contributed by atoms with E-state index in [1.807, 2.05) is 0 Å². The average molecular weight is 417 g/mol. The molecule has 7 heteroatoms. The fraction of sp³-hybridized carbons (Fsp3) is 0.409. The number of aromatic nitrogens is 1. The van der Waals surface area contributed by atoms with Crippen LogP contribution in [0.4, 0.5) is 4.39 Å². The third kappa shape index (κ3) is 5.56. The van der Waals surface area contributed by atoms with Crippen LogP contribution in [-0.4, -0.2) is 40.8 Å². The number of amides is 1. The molecular weight excluding hydrogens is 391 g/mol. The molecule has 29 heavy (non-hydrogen) atoms. The highest BCUT2D eigenvalue weighted by Crippen LogP contribution is 2.30. The SMILES string of the molecule is CC(C)(C)SCCNC(=O)c1ccc(Cc2cc(C=O)nc3c2OCC3)cc1F. The van der Waals surface area contributed by atoms with Gasteiger partial charge in [0.25, 0.3) is 5.91 Å². The highest BCUT2D eigenvalue weighted by atomic mass is 32.2. The molecule has 0 unspecified atom stereocenters. The van der Waals surface area contributed by atoms with Crippen molar-refractivity contribution in [2.45, 2.75) is 38.4 Å². The number of aldehydes is 1. The smallest absolute Gasteiger partial charge is 0.254 e. The van der Waals surface area contributed by atoms with Crippen LogP contribution in [-0.2, 0) is 12.8 Å². The first-order chi connectivity index (χ1) is 13.8. The summed E-state index contributed by atoms with van der Waals surface area (Å²) in [5.74, 6) is 0.459. The summed E-state index contributed by atoms with van der Waals surface area (Å²) in [5, 5.41) is 2.76. The lowest BCUT2D eigenvalue weighted by atomic mass is 10.0. The summed E-state index contributed by atoms with van der Waals surface area (Å²) in [5.41, 5.74) is 2.62. The zero-order valence-electron chi connectivity index (χ0n) is 16.9. The highest BCUT2D eigenvalue weighted by molar-refractivity contribution is 8.00. The Morgan fingerprint density at radius 2 is 2.14 bits per heavy atom. The summed E-state index contributed by atoms with van der Waals surface area (Å²) >= 11 is 1.74. The number of fused-ring (bicyclic) bond motifs is 1. The predicted molar refractivity (Wildman–Crippen MR) is 113 cm³/mol. The molecule has 154 valence electrons. The molecule has 0 fully saturated rings. The van der Waals surface area contributed by atoms with E-state index >= 15 is 0 Å². The van der Waals surface area contributed by atoms with Crippen LogP contribution >= 0.6 is 11.8 Å². The predicted octanol–water partition coefficient (Wildman–Crippen LogP) is 3.82. The Balaban J connectivity index is 1.68. The molecule has 5 nitrogen and oxygen atoms in total. The number of carbonyl (C=O) groups excluding carboxylic acids is 2. The zero-order chi connectivity index (χ0) is 21.0. The molecule has 1 N–H and O–H groups in total. The number of halogens is 1. The summed E-state index contributed by atoms with van der Waals surface area (Å²) in [6.07, 6.45) is 1.76. The number of hydrogen-bond donors (Lipinski definition) is 1. The number of carbonyl (C=O) groups is 2. The second kappa shape index (κ2) is 8.95. The van der Waals surface area contributed by atoms with Crippen molar-refractivity contribution in [2.75, 3.05) is 18.9 Å². The Bertz CT molecular complexity index is 925. The van der Waals surface area contributed by atoms with Gasteiger partial charge in [-0.25, -0.2) is 9.37 Å². The summed E-state index contributed by atoms with van der Waals surface area (Å²) in [6.45, 7) is 7.34. The minimum absolute atomic E-state index is 0.0271. The third-order valence-electron chi connectivity index (χ3n) is 4.44. The Morgan fingerprint density at radius 3 is 2.83 bits per heavy atom. The molecule has 1 aromatic carbocycles. The van der Waals surface area contributed by atoms with E-state index in [1.165, 1.54) is 12.1 Å². The first-order valence-corrected chi connectivity index (χ1v) is 10.6. The van der Waals surface area contributed by atoms with Gasteiger partial charge in [0.05, 0.1) is 17.9 Å². The summed E-state index contributed by atoms with van der Waals surface area (Å²) < 4.78 is 20.3. The Kier molecular flexibility index (Phi) is 6.57. The van der Waals surface area contributed by atoms with E-state index in [-0.39, 0.29) is 10.3 Å². The number of rotatable bonds is 7.